The van der Waals surface area contributed by atoms with Crippen molar-refractivity contribution in [2.75, 3.05) is 26.2 Å². The number of nitrogens with zero attached hydrogens (tertiary/aromatic N) is 3. The Labute approximate surface area is 211 Å². The van der Waals surface area contributed by atoms with E-state index in [0.29, 0.717) is 19.5 Å². The monoisotopic (exact) mass is 483 g/mol. The first-order chi connectivity index (χ1) is 17.5. The number of amides is 2. The van der Waals surface area contributed by atoms with E-state index >= 15 is 0 Å². The fraction of sp³-hybridized carbons (Fsp3) is 0.345. The van der Waals surface area contributed by atoms with Gasteiger partial charge < -0.3 is 15.2 Å². The number of pyridine rings is 1. The largest absolute Gasteiger partial charge is 0.361 e. The number of hydrogen-bond donors (Lipinski definition) is 2. The maximum Gasteiger partial charge on any atom is 0.245 e. The molecule has 5 rings (SSSR count). The topological polar surface area (TPSA) is 81.3 Å². The SMILES string of the molecule is CC(C)C(=O)NC(Cc1c[nH]c2ccccc12)C(=O)N1CCN(Cc2cccc3cccnc23)CC1. The normalized spacial score (nSPS) is 15.5. The van der Waals surface area contributed by atoms with Crippen LogP contribution in [0.15, 0.2) is 67.0 Å². The molecule has 2 amide bonds. The van der Waals surface area contributed by atoms with Gasteiger partial charge in [0.05, 0.1) is 5.52 Å². The predicted octanol–water partition coefficient (Wildman–Crippen LogP) is 3.74. The Morgan fingerprint density at radius 3 is 2.56 bits per heavy atom. The molecule has 36 heavy (non-hydrogen) atoms. The summed E-state index contributed by atoms with van der Waals surface area (Å²) in [6.45, 7) is 7.35. The van der Waals surface area contributed by atoms with Crippen LogP contribution in [0.2, 0.25) is 0 Å². The highest BCUT2D eigenvalue weighted by molar-refractivity contribution is 5.90. The Balaban J connectivity index is 1.27. The summed E-state index contributed by atoms with van der Waals surface area (Å²) in [4.78, 5) is 38.4. The van der Waals surface area contributed by atoms with Crippen LogP contribution in [0.1, 0.15) is 25.0 Å². The number of piperazine rings is 1. The predicted molar refractivity (Wildman–Crippen MR) is 142 cm³/mol. The fourth-order valence-corrected chi connectivity index (χ4v) is 4.94. The van der Waals surface area contributed by atoms with Crippen molar-refractivity contribution in [3.63, 3.8) is 0 Å². The summed E-state index contributed by atoms with van der Waals surface area (Å²) in [6.07, 6.45) is 4.24. The molecule has 7 heteroatoms. The highest BCUT2D eigenvalue weighted by Gasteiger charge is 2.30. The van der Waals surface area contributed by atoms with Crippen molar-refractivity contribution in [2.45, 2.75) is 32.9 Å². The summed E-state index contributed by atoms with van der Waals surface area (Å²) in [6, 6.07) is 17.8. The molecule has 1 atom stereocenters. The minimum Gasteiger partial charge on any atom is -0.361 e. The lowest BCUT2D eigenvalue weighted by molar-refractivity contribution is -0.138. The molecule has 7 nitrogen and oxygen atoms in total. The van der Waals surface area contributed by atoms with Crippen LogP contribution in [-0.2, 0) is 22.6 Å². The van der Waals surface area contributed by atoms with Crippen molar-refractivity contribution in [3.8, 4) is 0 Å². The van der Waals surface area contributed by atoms with Crippen LogP contribution in [0.25, 0.3) is 21.8 Å². The zero-order valence-electron chi connectivity index (χ0n) is 20.9. The molecular formula is C29H33N5O2. The lowest BCUT2D eigenvalue weighted by Gasteiger charge is -2.36. The van der Waals surface area contributed by atoms with Crippen molar-refractivity contribution in [2.24, 2.45) is 5.92 Å². The van der Waals surface area contributed by atoms with Gasteiger partial charge >= 0.3 is 0 Å². The van der Waals surface area contributed by atoms with E-state index in [9.17, 15) is 9.59 Å². The van der Waals surface area contributed by atoms with E-state index in [1.54, 1.807) is 0 Å². The van der Waals surface area contributed by atoms with Gasteiger partial charge in [-0.1, -0.05) is 56.3 Å². The van der Waals surface area contributed by atoms with E-state index < -0.39 is 6.04 Å². The van der Waals surface area contributed by atoms with Gasteiger partial charge in [-0.05, 0) is 23.3 Å². The minimum atomic E-state index is -0.590. The molecule has 1 saturated heterocycles. The van der Waals surface area contributed by atoms with E-state index in [1.165, 1.54) is 5.56 Å². The molecule has 186 valence electrons. The Morgan fingerprint density at radius 1 is 0.972 bits per heavy atom. The highest BCUT2D eigenvalue weighted by Crippen LogP contribution is 2.21. The third kappa shape index (κ3) is 5.11. The van der Waals surface area contributed by atoms with Crippen LogP contribution >= 0.6 is 0 Å². The summed E-state index contributed by atoms with van der Waals surface area (Å²) >= 11 is 0. The van der Waals surface area contributed by atoms with Gasteiger partial charge in [-0.2, -0.15) is 0 Å². The first-order valence-electron chi connectivity index (χ1n) is 12.7. The molecule has 2 aromatic heterocycles. The van der Waals surface area contributed by atoms with Crippen molar-refractivity contribution < 1.29 is 9.59 Å². The Kier molecular flexibility index (Phi) is 7.00. The summed E-state index contributed by atoms with van der Waals surface area (Å²) in [7, 11) is 0. The number of aromatic amines is 1. The maximum absolute atomic E-state index is 13.6. The third-order valence-corrected chi connectivity index (χ3v) is 7.03. The quantitative estimate of drug-likeness (QED) is 0.420. The molecule has 1 fully saturated rings. The molecular weight excluding hydrogens is 450 g/mol. The molecule has 0 aliphatic carbocycles. The van der Waals surface area contributed by atoms with Crippen LogP contribution in [0.4, 0.5) is 0 Å². The van der Waals surface area contributed by atoms with Gasteiger partial charge in [-0.25, -0.2) is 0 Å². The van der Waals surface area contributed by atoms with Crippen LogP contribution in [-0.4, -0.2) is 63.8 Å². The number of H-pyrrole nitrogens is 1. The van der Waals surface area contributed by atoms with Crippen LogP contribution in [0.5, 0.6) is 0 Å². The molecule has 4 aromatic rings. The second-order valence-corrected chi connectivity index (χ2v) is 9.87. The number of aromatic nitrogens is 2. The third-order valence-electron chi connectivity index (χ3n) is 7.03. The van der Waals surface area contributed by atoms with Gasteiger partial charge in [0, 0.05) is 73.7 Å². The van der Waals surface area contributed by atoms with E-state index in [1.807, 2.05) is 61.5 Å². The number of rotatable bonds is 7. The molecule has 2 N–H and O–H groups in total. The van der Waals surface area contributed by atoms with Gasteiger partial charge in [0.25, 0.3) is 0 Å². The average molecular weight is 484 g/mol. The first-order valence-corrected chi connectivity index (χ1v) is 12.7. The van der Waals surface area contributed by atoms with Gasteiger partial charge in [0.1, 0.15) is 6.04 Å². The number of hydrogen-bond acceptors (Lipinski definition) is 4. The van der Waals surface area contributed by atoms with Gasteiger partial charge in [0.2, 0.25) is 11.8 Å². The lowest BCUT2D eigenvalue weighted by atomic mass is 10.0. The molecule has 0 saturated carbocycles. The highest BCUT2D eigenvalue weighted by atomic mass is 16.2. The first kappa shape index (κ1) is 24.0. The summed E-state index contributed by atoms with van der Waals surface area (Å²) in [5.74, 6) is -0.300. The van der Waals surface area contributed by atoms with Crippen molar-refractivity contribution in [1.82, 2.24) is 25.1 Å². The number of benzene rings is 2. The Bertz CT molecular complexity index is 1370. The van der Waals surface area contributed by atoms with Crippen LogP contribution < -0.4 is 5.32 Å². The Morgan fingerprint density at radius 2 is 1.75 bits per heavy atom. The second-order valence-electron chi connectivity index (χ2n) is 9.87. The second kappa shape index (κ2) is 10.5. The van der Waals surface area contributed by atoms with E-state index in [-0.39, 0.29) is 17.7 Å². The van der Waals surface area contributed by atoms with Crippen LogP contribution in [0.3, 0.4) is 0 Å². The number of carbonyl (C=O) groups excluding carboxylic acids is 2. The van der Waals surface area contributed by atoms with Gasteiger partial charge in [-0.15, -0.1) is 0 Å². The number of nitrogens with one attached hydrogen (secondary N) is 2. The van der Waals surface area contributed by atoms with E-state index in [4.69, 9.17) is 0 Å². The zero-order valence-corrected chi connectivity index (χ0v) is 20.9. The number of para-hydroxylation sites is 2. The fourth-order valence-electron chi connectivity index (χ4n) is 4.94. The molecule has 2 aromatic carbocycles. The van der Waals surface area contributed by atoms with Gasteiger partial charge in [0.15, 0.2) is 0 Å². The molecule has 1 aliphatic heterocycles. The van der Waals surface area contributed by atoms with Crippen molar-refractivity contribution in [1.29, 1.82) is 0 Å². The molecule has 3 heterocycles. The zero-order chi connectivity index (χ0) is 25.1. The van der Waals surface area contributed by atoms with Crippen molar-refractivity contribution >= 4 is 33.6 Å². The molecule has 1 unspecified atom stereocenters. The minimum absolute atomic E-state index is 0.0132. The average Bonchev–Trinajstić information content (AvgIpc) is 3.31. The van der Waals surface area contributed by atoms with Crippen molar-refractivity contribution in [3.05, 3.63) is 78.1 Å². The Hall–Kier alpha value is -3.71. The summed E-state index contributed by atoms with van der Waals surface area (Å²) in [5.41, 5.74) is 4.31. The summed E-state index contributed by atoms with van der Waals surface area (Å²) < 4.78 is 0. The maximum atomic E-state index is 13.6. The van der Waals surface area contributed by atoms with E-state index in [2.05, 4.69) is 44.5 Å². The van der Waals surface area contributed by atoms with Gasteiger partial charge in [-0.3, -0.25) is 19.5 Å². The smallest absolute Gasteiger partial charge is 0.245 e. The van der Waals surface area contributed by atoms with Crippen LogP contribution in [0, 0.1) is 5.92 Å². The molecule has 1 aliphatic rings. The number of fused-ring (bicyclic) bond motifs is 2. The molecule has 0 radical (unpaired) electrons. The lowest BCUT2D eigenvalue weighted by Crippen LogP contribution is -2.55. The number of carbonyl (C=O) groups is 2. The molecule has 0 spiro atoms. The standard InChI is InChI=1S/C29H33N5O2/c1-20(2)28(35)32-26(17-23-18-31-25-11-4-3-10-24(23)25)29(36)34-15-13-33(14-16-34)19-22-8-5-7-21-9-6-12-30-27(21)22/h3-12,18,20,26,31H,13-17,19H2,1-2H3,(H,32,35). The van der Waals surface area contributed by atoms with E-state index in [0.717, 1.165) is 47.0 Å². The molecule has 0 bridgehead atoms. The summed E-state index contributed by atoms with van der Waals surface area (Å²) in [5, 5.41) is 5.25.